The first-order valence-electron chi connectivity index (χ1n) is 7.93. The van der Waals surface area contributed by atoms with Gasteiger partial charge >= 0.3 is 0 Å². The van der Waals surface area contributed by atoms with Gasteiger partial charge in [0.2, 0.25) is 0 Å². The Morgan fingerprint density at radius 1 is 0.905 bits per heavy atom. The number of benzene rings is 2. The first kappa shape index (κ1) is 14.3. The van der Waals surface area contributed by atoms with Crippen LogP contribution in [0.5, 0.6) is 0 Å². The summed E-state index contributed by atoms with van der Waals surface area (Å²) >= 11 is 0. The highest BCUT2D eigenvalue weighted by Gasteiger charge is 2.44. The van der Waals surface area contributed by atoms with Crippen molar-refractivity contribution in [1.29, 1.82) is 0 Å². The molecule has 0 amide bonds. The van der Waals surface area contributed by atoms with Crippen LogP contribution in [0.15, 0.2) is 42.5 Å². The zero-order valence-corrected chi connectivity index (χ0v) is 13.3. The summed E-state index contributed by atoms with van der Waals surface area (Å²) < 4.78 is 0. The highest BCUT2D eigenvalue weighted by Crippen LogP contribution is 2.51. The van der Waals surface area contributed by atoms with E-state index in [1.807, 2.05) is 0 Å². The molecule has 0 heterocycles. The van der Waals surface area contributed by atoms with E-state index in [-0.39, 0.29) is 11.5 Å². The molecule has 1 saturated carbocycles. The number of nitrogens with two attached hydrogens (primary N) is 1. The minimum atomic E-state index is 0.0907. The molecule has 1 atom stereocenters. The van der Waals surface area contributed by atoms with Crippen LogP contribution in [0, 0.1) is 20.8 Å². The normalized spacial score (nSPS) is 18.1. The highest BCUT2D eigenvalue weighted by molar-refractivity contribution is 5.42. The van der Waals surface area contributed by atoms with Crippen LogP contribution in [0.1, 0.15) is 53.1 Å². The average Bonchev–Trinajstić information content (AvgIpc) is 2.43. The fourth-order valence-electron chi connectivity index (χ4n) is 3.72. The molecule has 21 heavy (non-hydrogen) atoms. The van der Waals surface area contributed by atoms with Crippen molar-refractivity contribution in [3.8, 4) is 0 Å². The zero-order chi connectivity index (χ0) is 15.0. The van der Waals surface area contributed by atoms with E-state index in [0.29, 0.717) is 0 Å². The van der Waals surface area contributed by atoms with Crippen LogP contribution in [0.2, 0.25) is 0 Å². The van der Waals surface area contributed by atoms with Gasteiger partial charge in [-0.25, -0.2) is 0 Å². The summed E-state index contributed by atoms with van der Waals surface area (Å²) in [7, 11) is 0. The van der Waals surface area contributed by atoms with Crippen molar-refractivity contribution in [3.05, 3.63) is 70.3 Å². The van der Waals surface area contributed by atoms with Gasteiger partial charge in [0.25, 0.3) is 0 Å². The summed E-state index contributed by atoms with van der Waals surface area (Å²) in [5.41, 5.74) is 13.7. The Balaban J connectivity index is 2.04. The van der Waals surface area contributed by atoms with Crippen molar-refractivity contribution in [3.63, 3.8) is 0 Å². The molecule has 1 aliphatic rings. The van der Waals surface area contributed by atoms with E-state index in [4.69, 9.17) is 5.73 Å². The lowest BCUT2D eigenvalue weighted by Crippen LogP contribution is -2.44. The quantitative estimate of drug-likeness (QED) is 0.863. The van der Waals surface area contributed by atoms with Crippen LogP contribution in [0.4, 0.5) is 0 Å². The molecule has 2 aromatic carbocycles. The van der Waals surface area contributed by atoms with E-state index >= 15 is 0 Å². The Kier molecular flexibility index (Phi) is 3.62. The molecule has 0 spiro atoms. The van der Waals surface area contributed by atoms with Gasteiger partial charge in [-0.3, -0.25) is 0 Å². The van der Waals surface area contributed by atoms with E-state index < -0.39 is 0 Å². The topological polar surface area (TPSA) is 26.0 Å². The van der Waals surface area contributed by atoms with Crippen molar-refractivity contribution in [2.45, 2.75) is 51.5 Å². The fourth-order valence-corrected chi connectivity index (χ4v) is 3.72. The van der Waals surface area contributed by atoms with Crippen molar-refractivity contribution in [1.82, 2.24) is 0 Å². The predicted molar refractivity (Wildman–Crippen MR) is 89.6 cm³/mol. The molecule has 1 unspecified atom stereocenters. The van der Waals surface area contributed by atoms with Crippen LogP contribution in [0.3, 0.4) is 0 Å². The zero-order valence-electron chi connectivity index (χ0n) is 13.3. The fraction of sp³-hybridized carbons (Fsp3) is 0.400. The maximum absolute atomic E-state index is 6.79. The third-order valence-electron chi connectivity index (χ3n) is 5.41. The van der Waals surface area contributed by atoms with Crippen LogP contribution < -0.4 is 5.73 Å². The lowest BCUT2D eigenvalue weighted by molar-refractivity contribution is 0.196. The van der Waals surface area contributed by atoms with Crippen LogP contribution in [-0.2, 0) is 5.41 Å². The Morgan fingerprint density at radius 2 is 1.52 bits per heavy atom. The van der Waals surface area contributed by atoms with Crippen LogP contribution in [0.25, 0.3) is 0 Å². The molecule has 0 radical (unpaired) electrons. The molecule has 1 fully saturated rings. The van der Waals surface area contributed by atoms with Crippen LogP contribution >= 0.6 is 0 Å². The largest absolute Gasteiger partial charge is 0.323 e. The SMILES string of the molecule is Cc1cc(C)c(C(N)C2(c3ccccc3)CCC2)cc1C. The van der Waals surface area contributed by atoms with Crippen molar-refractivity contribution in [2.24, 2.45) is 5.73 Å². The molecule has 0 saturated heterocycles. The van der Waals surface area contributed by atoms with E-state index in [1.54, 1.807) is 0 Å². The van der Waals surface area contributed by atoms with Crippen molar-refractivity contribution in [2.75, 3.05) is 0 Å². The Morgan fingerprint density at radius 3 is 2.10 bits per heavy atom. The molecule has 1 aliphatic carbocycles. The Hall–Kier alpha value is -1.60. The van der Waals surface area contributed by atoms with Gasteiger partial charge < -0.3 is 5.73 Å². The molecule has 2 aromatic rings. The second-order valence-electron chi connectivity index (χ2n) is 6.65. The maximum Gasteiger partial charge on any atom is 0.0395 e. The average molecular weight is 279 g/mol. The standard InChI is InChI=1S/C20H25N/c1-14-12-16(3)18(13-15(14)2)19(21)20(10-7-11-20)17-8-5-4-6-9-17/h4-6,8-9,12-13,19H,7,10-11,21H2,1-3H3. The highest BCUT2D eigenvalue weighted by atomic mass is 14.7. The van der Waals surface area contributed by atoms with Gasteiger partial charge in [-0.05, 0) is 61.4 Å². The number of rotatable bonds is 3. The Bertz CT molecular complexity index is 638. The second kappa shape index (κ2) is 5.31. The summed E-state index contributed by atoms with van der Waals surface area (Å²) in [4.78, 5) is 0. The molecule has 0 aliphatic heterocycles. The molecular weight excluding hydrogens is 254 g/mol. The lowest BCUT2D eigenvalue weighted by Gasteiger charge is -2.47. The van der Waals surface area contributed by atoms with Gasteiger partial charge in [0.15, 0.2) is 0 Å². The van der Waals surface area contributed by atoms with Crippen molar-refractivity contribution >= 4 is 0 Å². The summed E-state index contributed by atoms with van der Waals surface area (Å²) in [6.07, 6.45) is 3.68. The van der Waals surface area contributed by atoms with E-state index in [9.17, 15) is 0 Å². The van der Waals surface area contributed by atoms with Gasteiger partial charge in [0.1, 0.15) is 0 Å². The smallest absolute Gasteiger partial charge is 0.0395 e. The third-order valence-corrected chi connectivity index (χ3v) is 5.41. The first-order chi connectivity index (χ1) is 10.0. The lowest BCUT2D eigenvalue weighted by atomic mass is 9.58. The minimum Gasteiger partial charge on any atom is -0.323 e. The van der Waals surface area contributed by atoms with Gasteiger partial charge in [-0.1, -0.05) is 48.9 Å². The van der Waals surface area contributed by atoms with Gasteiger partial charge in [-0.2, -0.15) is 0 Å². The van der Waals surface area contributed by atoms with Gasteiger partial charge in [0.05, 0.1) is 0 Å². The molecule has 1 heteroatoms. The van der Waals surface area contributed by atoms with E-state index in [1.165, 1.54) is 47.1 Å². The molecule has 0 bridgehead atoms. The number of hydrogen-bond donors (Lipinski definition) is 1. The minimum absolute atomic E-state index is 0.0907. The van der Waals surface area contributed by atoms with Gasteiger partial charge in [0, 0.05) is 11.5 Å². The summed E-state index contributed by atoms with van der Waals surface area (Å²) in [6.45, 7) is 6.55. The first-order valence-corrected chi connectivity index (χ1v) is 7.93. The molecule has 2 N–H and O–H groups in total. The molecule has 1 nitrogen and oxygen atoms in total. The van der Waals surface area contributed by atoms with Crippen LogP contribution in [-0.4, -0.2) is 0 Å². The summed E-state index contributed by atoms with van der Waals surface area (Å²) in [6, 6.07) is 15.5. The number of hydrogen-bond acceptors (Lipinski definition) is 1. The predicted octanol–water partition coefficient (Wildman–Crippen LogP) is 4.73. The second-order valence-corrected chi connectivity index (χ2v) is 6.65. The summed E-state index contributed by atoms with van der Waals surface area (Å²) in [5.74, 6) is 0. The van der Waals surface area contributed by atoms with E-state index in [2.05, 4.69) is 63.2 Å². The Labute approximate surface area is 128 Å². The van der Waals surface area contributed by atoms with Crippen molar-refractivity contribution < 1.29 is 0 Å². The van der Waals surface area contributed by atoms with E-state index in [0.717, 1.165) is 0 Å². The monoisotopic (exact) mass is 279 g/mol. The molecular formula is C20H25N. The third kappa shape index (κ3) is 2.30. The molecule has 3 rings (SSSR count). The molecule has 0 aromatic heterocycles. The maximum atomic E-state index is 6.79. The number of aryl methyl sites for hydroxylation is 3. The molecule has 110 valence electrons. The summed E-state index contributed by atoms with van der Waals surface area (Å²) in [5, 5.41) is 0. The van der Waals surface area contributed by atoms with Gasteiger partial charge in [-0.15, -0.1) is 0 Å².